The molecule has 1 atom stereocenters. The first-order valence-corrected chi connectivity index (χ1v) is 5.61. The Morgan fingerprint density at radius 3 is 2.64 bits per heavy atom. The molecule has 14 heavy (non-hydrogen) atoms. The fourth-order valence-electron chi connectivity index (χ4n) is 1.86. The van der Waals surface area contributed by atoms with E-state index in [0.717, 1.165) is 18.1 Å². The first-order chi connectivity index (χ1) is 6.86. The highest BCUT2D eigenvalue weighted by molar-refractivity contribution is 6.30. The molecule has 1 aliphatic heterocycles. The number of halogens is 1. The van der Waals surface area contributed by atoms with Crippen molar-refractivity contribution in [3.63, 3.8) is 0 Å². The van der Waals surface area contributed by atoms with E-state index in [9.17, 15) is 0 Å². The average Bonchev–Trinajstić information content (AvgIpc) is 2.47. The molecule has 1 aliphatic rings. The van der Waals surface area contributed by atoms with Crippen LogP contribution in [0.3, 0.4) is 0 Å². The first kappa shape index (κ1) is 10.0. The second-order valence-electron chi connectivity index (χ2n) is 3.76. The van der Waals surface area contributed by atoms with Gasteiger partial charge in [-0.25, -0.2) is 0 Å². The molecule has 0 aliphatic carbocycles. The molecule has 0 saturated carbocycles. The number of hydrogen-bond acceptors (Lipinski definition) is 1. The second-order valence-corrected chi connectivity index (χ2v) is 4.20. The van der Waals surface area contributed by atoms with Crippen LogP contribution in [-0.2, 0) is 4.74 Å². The van der Waals surface area contributed by atoms with Gasteiger partial charge in [0.05, 0.1) is 6.10 Å². The van der Waals surface area contributed by atoms with Crippen molar-refractivity contribution in [1.82, 2.24) is 0 Å². The first-order valence-electron chi connectivity index (χ1n) is 5.23. The van der Waals surface area contributed by atoms with Gasteiger partial charge in [-0.1, -0.05) is 36.6 Å². The maximum atomic E-state index is 5.84. The zero-order valence-electron chi connectivity index (χ0n) is 8.21. The molecule has 1 saturated heterocycles. The fourth-order valence-corrected chi connectivity index (χ4v) is 1.98. The quantitative estimate of drug-likeness (QED) is 0.682. The van der Waals surface area contributed by atoms with Gasteiger partial charge in [0.2, 0.25) is 0 Å². The molecule has 76 valence electrons. The molecular weight excluding hydrogens is 196 g/mol. The largest absolute Gasteiger partial charge is 0.374 e. The molecule has 1 fully saturated rings. The van der Waals surface area contributed by atoms with Gasteiger partial charge in [0.1, 0.15) is 0 Å². The highest BCUT2D eigenvalue weighted by Crippen LogP contribution is 2.27. The van der Waals surface area contributed by atoms with E-state index in [1.54, 1.807) is 0 Å². The molecule has 0 radical (unpaired) electrons. The Morgan fingerprint density at radius 2 is 1.86 bits per heavy atom. The van der Waals surface area contributed by atoms with Crippen molar-refractivity contribution in [2.75, 3.05) is 6.61 Å². The highest BCUT2D eigenvalue weighted by Gasteiger charge is 2.14. The van der Waals surface area contributed by atoms with E-state index < -0.39 is 0 Å². The normalized spacial score (nSPS) is 23.1. The van der Waals surface area contributed by atoms with Crippen LogP contribution in [0.1, 0.15) is 37.4 Å². The summed E-state index contributed by atoms with van der Waals surface area (Å²) >= 11 is 5.84. The van der Waals surface area contributed by atoms with Crippen molar-refractivity contribution >= 4 is 11.6 Å². The molecule has 1 unspecified atom stereocenters. The Morgan fingerprint density at radius 1 is 1.07 bits per heavy atom. The Bertz CT molecular complexity index is 273. The van der Waals surface area contributed by atoms with Crippen LogP contribution in [0.2, 0.25) is 5.02 Å². The minimum atomic E-state index is 0.287. The summed E-state index contributed by atoms with van der Waals surface area (Å²) in [5.41, 5.74) is 1.26. The molecule has 0 amide bonds. The summed E-state index contributed by atoms with van der Waals surface area (Å²) in [5, 5.41) is 0.794. The van der Waals surface area contributed by atoms with Gasteiger partial charge < -0.3 is 4.74 Å². The Labute approximate surface area is 90.0 Å². The molecule has 0 N–H and O–H groups in total. The lowest BCUT2D eigenvalue weighted by Crippen LogP contribution is -2.02. The summed E-state index contributed by atoms with van der Waals surface area (Å²) in [5.74, 6) is 0. The summed E-state index contributed by atoms with van der Waals surface area (Å²) in [7, 11) is 0. The van der Waals surface area contributed by atoms with Crippen LogP contribution in [0.25, 0.3) is 0 Å². The van der Waals surface area contributed by atoms with Crippen molar-refractivity contribution in [1.29, 1.82) is 0 Å². The summed E-state index contributed by atoms with van der Waals surface area (Å²) in [6.07, 6.45) is 5.19. The van der Waals surface area contributed by atoms with E-state index in [1.165, 1.54) is 24.8 Å². The third kappa shape index (κ3) is 2.49. The van der Waals surface area contributed by atoms with Crippen LogP contribution in [0, 0.1) is 0 Å². The maximum absolute atomic E-state index is 5.84. The molecule has 1 heterocycles. The van der Waals surface area contributed by atoms with Gasteiger partial charge >= 0.3 is 0 Å². The number of ether oxygens (including phenoxy) is 1. The molecule has 0 aromatic heterocycles. The van der Waals surface area contributed by atoms with Crippen molar-refractivity contribution in [3.05, 3.63) is 34.9 Å². The molecule has 1 nitrogen and oxygen atoms in total. The fraction of sp³-hybridized carbons (Fsp3) is 0.500. The lowest BCUT2D eigenvalue weighted by atomic mass is 10.0. The van der Waals surface area contributed by atoms with E-state index in [1.807, 2.05) is 12.1 Å². The maximum Gasteiger partial charge on any atom is 0.0824 e. The van der Waals surface area contributed by atoms with Crippen LogP contribution in [-0.4, -0.2) is 6.61 Å². The molecular formula is C12H15ClO. The van der Waals surface area contributed by atoms with E-state index in [4.69, 9.17) is 16.3 Å². The van der Waals surface area contributed by atoms with Gasteiger partial charge in [0, 0.05) is 11.6 Å². The molecule has 2 heteroatoms. The van der Waals surface area contributed by atoms with Gasteiger partial charge in [0.15, 0.2) is 0 Å². The molecule has 0 spiro atoms. The minimum absolute atomic E-state index is 0.287. The van der Waals surface area contributed by atoms with Gasteiger partial charge in [-0.15, -0.1) is 0 Å². The van der Waals surface area contributed by atoms with Crippen LogP contribution >= 0.6 is 11.6 Å². The van der Waals surface area contributed by atoms with Crippen molar-refractivity contribution in [3.8, 4) is 0 Å². The van der Waals surface area contributed by atoms with E-state index in [-0.39, 0.29) is 6.10 Å². The topological polar surface area (TPSA) is 9.23 Å². The van der Waals surface area contributed by atoms with E-state index >= 15 is 0 Å². The number of hydrogen-bond donors (Lipinski definition) is 0. The van der Waals surface area contributed by atoms with Crippen molar-refractivity contribution in [2.45, 2.75) is 31.8 Å². The summed E-state index contributed by atoms with van der Waals surface area (Å²) in [6, 6.07) is 8.01. The van der Waals surface area contributed by atoms with Gasteiger partial charge in [-0.05, 0) is 30.5 Å². The van der Waals surface area contributed by atoms with Gasteiger partial charge in [0.25, 0.3) is 0 Å². The zero-order valence-corrected chi connectivity index (χ0v) is 8.96. The lowest BCUT2D eigenvalue weighted by Gasteiger charge is -2.14. The standard InChI is InChI=1S/C12H15ClO/c13-11-7-5-10(6-8-11)12-4-2-1-3-9-14-12/h5-8,12H,1-4,9H2. The average molecular weight is 211 g/mol. The third-order valence-electron chi connectivity index (χ3n) is 2.67. The summed E-state index contributed by atoms with van der Waals surface area (Å²) in [6.45, 7) is 0.896. The number of rotatable bonds is 1. The molecule has 2 rings (SSSR count). The summed E-state index contributed by atoms with van der Waals surface area (Å²) < 4.78 is 5.79. The van der Waals surface area contributed by atoms with Crippen LogP contribution in [0.5, 0.6) is 0 Å². The Balaban J connectivity index is 2.08. The van der Waals surface area contributed by atoms with E-state index in [2.05, 4.69) is 12.1 Å². The predicted octanol–water partition coefficient (Wildman–Crippen LogP) is 3.97. The van der Waals surface area contributed by atoms with Crippen molar-refractivity contribution < 1.29 is 4.74 Å². The Kier molecular flexibility index (Phi) is 3.44. The lowest BCUT2D eigenvalue weighted by molar-refractivity contribution is 0.0583. The molecule has 0 bridgehead atoms. The highest BCUT2D eigenvalue weighted by atomic mass is 35.5. The van der Waals surface area contributed by atoms with Crippen LogP contribution in [0.15, 0.2) is 24.3 Å². The smallest absolute Gasteiger partial charge is 0.0824 e. The zero-order chi connectivity index (χ0) is 9.80. The van der Waals surface area contributed by atoms with Crippen LogP contribution < -0.4 is 0 Å². The molecule has 1 aromatic carbocycles. The van der Waals surface area contributed by atoms with Crippen LogP contribution in [0.4, 0.5) is 0 Å². The Hall–Kier alpha value is -0.530. The van der Waals surface area contributed by atoms with Gasteiger partial charge in [-0.2, -0.15) is 0 Å². The van der Waals surface area contributed by atoms with Crippen molar-refractivity contribution in [2.24, 2.45) is 0 Å². The monoisotopic (exact) mass is 210 g/mol. The SMILES string of the molecule is Clc1ccc(C2CCCCCO2)cc1. The minimum Gasteiger partial charge on any atom is -0.374 e. The predicted molar refractivity (Wildman–Crippen MR) is 58.6 cm³/mol. The van der Waals surface area contributed by atoms with E-state index in [0.29, 0.717) is 0 Å². The number of benzene rings is 1. The second kappa shape index (κ2) is 4.81. The molecule has 1 aromatic rings. The summed E-state index contributed by atoms with van der Waals surface area (Å²) in [4.78, 5) is 0. The third-order valence-corrected chi connectivity index (χ3v) is 2.92. The van der Waals surface area contributed by atoms with Gasteiger partial charge in [-0.3, -0.25) is 0 Å².